The Morgan fingerprint density at radius 1 is 1.47 bits per heavy atom. The molecule has 92 valence electrons. The molecule has 17 heavy (non-hydrogen) atoms. The maximum atomic E-state index is 11.6. The van der Waals surface area contributed by atoms with Crippen LogP contribution in [0.2, 0.25) is 0 Å². The molecule has 1 amide bonds. The lowest BCUT2D eigenvalue weighted by Crippen LogP contribution is -2.37. The molecule has 1 aromatic heterocycles. The molecule has 0 saturated carbocycles. The highest BCUT2D eigenvalue weighted by Crippen LogP contribution is 2.23. The number of imidazole rings is 1. The predicted molar refractivity (Wildman–Crippen MR) is 66.5 cm³/mol. The average molecular weight is 233 g/mol. The van der Waals surface area contributed by atoms with Gasteiger partial charge in [0, 0.05) is 24.7 Å². The SMILES string of the molecule is C=CC(=O)N1CCn2cc(C(C)(C)C)nc2C1. The fourth-order valence-electron chi connectivity index (χ4n) is 1.93. The lowest BCUT2D eigenvalue weighted by molar-refractivity contribution is -0.127. The highest BCUT2D eigenvalue weighted by atomic mass is 16.2. The zero-order valence-electron chi connectivity index (χ0n) is 10.7. The van der Waals surface area contributed by atoms with Crippen LogP contribution in [0.1, 0.15) is 32.3 Å². The van der Waals surface area contributed by atoms with Crippen LogP contribution in [0.15, 0.2) is 18.9 Å². The van der Waals surface area contributed by atoms with Crippen molar-refractivity contribution in [3.8, 4) is 0 Å². The van der Waals surface area contributed by atoms with Crippen molar-refractivity contribution >= 4 is 5.91 Å². The van der Waals surface area contributed by atoms with Crippen molar-refractivity contribution < 1.29 is 4.79 Å². The van der Waals surface area contributed by atoms with Crippen LogP contribution in [0.3, 0.4) is 0 Å². The quantitative estimate of drug-likeness (QED) is 0.693. The minimum Gasteiger partial charge on any atom is -0.331 e. The Kier molecular flexibility index (Phi) is 2.81. The third-order valence-electron chi connectivity index (χ3n) is 3.06. The van der Waals surface area contributed by atoms with Crippen molar-refractivity contribution in [2.24, 2.45) is 0 Å². The summed E-state index contributed by atoms with van der Waals surface area (Å²) in [6.45, 7) is 12.1. The Morgan fingerprint density at radius 3 is 2.76 bits per heavy atom. The van der Waals surface area contributed by atoms with Crippen LogP contribution in [0.4, 0.5) is 0 Å². The highest BCUT2D eigenvalue weighted by molar-refractivity contribution is 5.86. The number of aromatic nitrogens is 2. The smallest absolute Gasteiger partial charge is 0.246 e. The van der Waals surface area contributed by atoms with Crippen molar-refractivity contribution in [3.63, 3.8) is 0 Å². The molecule has 4 nitrogen and oxygen atoms in total. The van der Waals surface area contributed by atoms with E-state index in [4.69, 9.17) is 0 Å². The first kappa shape index (κ1) is 11.9. The van der Waals surface area contributed by atoms with Gasteiger partial charge < -0.3 is 9.47 Å². The molecule has 0 saturated heterocycles. The van der Waals surface area contributed by atoms with Crippen LogP contribution >= 0.6 is 0 Å². The molecular formula is C13H19N3O. The predicted octanol–water partition coefficient (Wildman–Crippen LogP) is 1.71. The van der Waals surface area contributed by atoms with Gasteiger partial charge in [0.1, 0.15) is 5.82 Å². The maximum Gasteiger partial charge on any atom is 0.246 e. The van der Waals surface area contributed by atoms with E-state index < -0.39 is 0 Å². The van der Waals surface area contributed by atoms with Crippen LogP contribution in [-0.4, -0.2) is 26.9 Å². The second kappa shape index (κ2) is 4.02. The van der Waals surface area contributed by atoms with Gasteiger partial charge in [0.05, 0.1) is 12.2 Å². The van der Waals surface area contributed by atoms with Crippen LogP contribution in [0.25, 0.3) is 0 Å². The highest BCUT2D eigenvalue weighted by Gasteiger charge is 2.24. The number of carbonyl (C=O) groups is 1. The van der Waals surface area contributed by atoms with Gasteiger partial charge in [-0.15, -0.1) is 0 Å². The van der Waals surface area contributed by atoms with Crippen LogP contribution in [0.5, 0.6) is 0 Å². The zero-order valence-corrected chi connectivity index (χ0v) is 10.7. The second-order valence-electron chi connectivity index (χ2n) is 5.45. The third-order valence-corrected chi connectivity index (χ3v) is 3.06. The van der Waals surface area contributed by atoms with Crippen LogP contribution in [0, 0.1) is 0 Å². The molecule has 0 bridgehead atoms. The number of hydrogen-bond acceptors (Lipinski definition) is 2. The van der Waals surface area contributed by atoms with Gasteiger partial charge in [-0.1, -0.05) is 27.4 Å². The number of carbonyl (C=O) groups excluding carboxylic acids is 1. The van der Waals surface area contributed by atoms with Crippen molar-refractivity contribution in [1.29, 1.82) is 0 Å². The fraction of sp³-hybridized carbons (Fsp3) is 0.538. The molecule has 0 N–H and O–H groups in total. The molecule has 1 aliphatic rings. The Hall–Kier alpha value is -1.58. The second-order valence-corrected chi connectivity index (χ2v) is 5.45. The van der Waals surface area contributed by atoms with E-state index in [0.717, 1.165) is 24.6 Å². The van der Waals surface area contributed by atoms with Crippen molar-refractivity contribution in [3.05, 3.63) is 30.4 Å². The fourth-order valence-corrected chi connectivity index (χ4v) is 1.93. The van der Waals surface area contributed by atoms with E-state index in [2.05, 4.69) is 43.1 Å². The monoisotopic (exact) mass is 233 g/mol. The number of fused-ring (bicyclic) bond motifs is 1. The first-order valence-electron chi connectivity index (χ1n) is 5.89. The zero-order chi connectivity index (χ0) is 12.6. The molecule has 0 unspecified atom stereocenters. The topological polar surface area (TPSA) is 38.1 Å². The van der Waals surface area contributed by atoms with Gasteiger partial charge in [0.15, 0.2) is 0 Å². The summed E-state index contributed by atoms with van der Waals surface area (Å²) in [6.07, 6.45) is 3.47. The normalized spacial score (nSPS) is 15.6. The van der Waals surface area contributed by atoms with Crippen LogP contribution < -0.4 is 0 Å². The van der Waals surface area contributed by atoms with E-state index in [9.17, 15) is 4.79 Å². The summed E-state index contributed by atoms with van der Waals surface area (Å²) in [7, 11) is 0. The Balaban J connectivity index is 2.24. The summed E-state index contributed by atoms with van der Waals surface area (Å²) >= 11 is 0. The first-order valence-corrected chi connectivity index (χ1v) is 5.89. The van der Waals surface area contributed by atoms with Gasteiger partial charge in [-0.25, -0.2) is 4.98 Å². The van der Waals surface area contributed by atoms with E-state index in [1.165, 1.54) is 6.08 Å². The van der Waals surface area contributed by atoms with Crippen molar-refractivity contribution in [2.45, 2.75) is 39.3 Å². The van der Waals surface area contributed by atoms with E-state index in [1.54, 1.807) is 4.90 Å². The van der Waals surface area contributed by atoms with E-state index in [-0.39, 0.29) is 11.3 Å². The van der Waals surface area contributed by atoms with Gasteiger partial charge >= 0.3 is 0 Å². The van der Waals surface area contributed by atoms with Gasteiger partial charge in [0.2, 0.25) is 5.91 Å². The number of nitrogens with zero attached hydrogens (tertiary/aromatic N) is 3. The third kappa shape index (κ3) is 2.25. The molecular weight excluding hydrogens is 214 g/mol. The Labute approximate surface area is 102 Å². The summed E-state index contributed by atoms with van der Waals surface area (Å²) in [4.78, 5) is 18.0. The number of rotatable bonds is 1. The lowest BCUT2D eigenvalue weighted by atomic mass is 9.93. The van der Waals surface area contributed by atoms with Gasteiger partial charge in [-0.05, 0) is 6.08 Å². The standard InChI is InChI=1S/C13H19N3O/c1-5-12(17)16-7-6-15-8-10(13(2,3)4)14-11(15)9-16/h5,8H,1,6-7,9H2,2-4H3. The lowest BCUT2D eigenvalue weighted by Gasteiger charge is -2.26. The minimum atomic E-state index is -0.0171. The average Bonchev–Trinajstić information content (AvgIpc) is 2.70. The molecule has 2 heterocycles. The van der Waals surface area contributed by atoms with Crippen molar-refractivity contribution in [2.75, 3.05) is 6.54 Å². The molecule has 0 aromatic carbocycles. The molecule has 1 aromatic rings. The van der Waals surface area contributed by atoms with Gasteiger partial charge in [-0.3, -0.25) is 4.79 Å². The summed E-state index contributed by atoms with van der Waals surface area (Å²) in [5, 5.41) is 0. The van der Waals surface area contributed by atoms with Gasteiger partial charge in [-0.2, -0.15) is 0 Å². The van der Waals surface area contributed by atoms with Crippen molar-refractivity contribution in [1.82, 2.24) is 14.5 Å². The number of amides is 1. The van der Waals surface area contributed by atoms with E-state index in [1.807, 2.05) is 0 Å². The largest absolute Gasteiger partial charge is 0.331 e. The minimum absolute atomic E-state index is 0.0171. The van der Waals surface area contributed by atoms with E-state index >= 15 is 0 Å². The summed E-state index contributed by atoms with van der Waals surface area (Å²) < 4.78 is 2.15. The Bertz CT molecular complexity index is 454. The van der Waals surface area contributed by atoms with E-state index in [0.29, 0.717) is 6.54 Å². The molecule has 2 rings (SSSR count). The molecule has 4 heteroatoms. The molecule has 0 fully saturated rings. The number of hydrogen-bond donors (Lipinski definition) is 0. The Morgan fingerprint density at radius 2 is 2.18 bits per heavy atom. The molecule has 0 spiro atoms. The molecule has 0 aliphatic carbocycles. The molecule has 0 atom stereocenters. The first-order chi connectivity index (χ1) is 7.91. The summed E-state index contributed by atoms with van der Waals surface area (Å²) in [5.74, 6) is 0.952. The molecule has 0 radical (unpaired) electrons. The molecule has 1 aliphatic heterocycles. The van der Waals surface area contributed by atoms with Crippen LogP contribution in [-0.2, 0) is 23.3 Å². The maximum absolute atomic E-state index is 11.6. The summed E-state index contributed by atoms with van der Waals surface area (Å²) in [5.41, 5.74) is 1.14. The summed E-state index contributed by atoms with van der Waals surface area (Å²) in [6, 6.07) is 0. The van der Waals surface area contributed by atoms with Gasteiger partial charge in [0.25, 0.3) is 0 Å².